The lowest BCUT2D eigenvalue weighted by atomic mass is 10.2. The predicted molar refractivity (Wildman–Crippen MR) is 97.6 cm³/mol. The highest BCUT2D eigenvalue weighted by molar-refractivity contribution is 6.03. The third-order valence-corrected chi connectivity index (χ3v) is 4.32. The van der Waals surface area contributed by atoms with Crippen molar-refractivity contribution in [1.29, 1.82) is 0 Å². The minimum absolute atomic E-state index is 0.132. The van der Waals surface area contributed by atoms with Crippen molar-refractivity contribution in [3.63, 3.8) is 0 Å². The molecule has 0 radical (unpaired) electrons. The number of carbonyl (C=O) groups excluding carboxylic acids is 3. The largest absolute Gasteiger partial charge is 0.462 e. The second-order valence-electron chi connectivity index (χ2n) is 6.35. The van der Waals surface area contributed by atoms with Gasteiger partial charge in [0, 0.05) is 11.8 Å². The average molecular weight is 388 g/mol. The number of esters is 1. The molecular weight excluding hydrogens is 370 g/mol. The van der Waals surface area contributed by atoms with Gasteiger partial charge < -0.3 is 15.4 Å². The summed E-state index contributed by atoms with van der Waals surface area (Å²) in [4.78, 5) is 36.0. The quantitative estimate of drug-likeness (QED) is 0.744. The van der Waals surface area contributed by atoms with Gasteiger partial charge in [0.05, 0.1) is 29.7 Å². The van der Waals surface area contributed by atoms with Crippen LogP contribution >= 0.6 is 0 Å². The van der Waals surface area contributed by atoms with E-state index in [1.165, 1.54) is 12.1 Å². The zero-order valence-electron chi connectivity index (χ0n) is 15.0. The summed E-state index contributed by atoms with van der Waals surface area (Å²) in [5.41, 5.74) is 0.713. The maximum absolute atomic E-state index is 13.6. The molecule has 2 N–H and O–H groups in total. The molecule has 0 heterocycles. The van der Waals surface area contributed by atoms with Gasteiger partial charge in [-0.05, 0) is 49.7 Å². The van der Waals surface area contributed by atoms with Gasteiger partial charge in [-0.1, -0.05) is 0 Å². The summed E-state index contributed by atoms with van der Waals surface area (Å²) in [6.45, 7) is 1.98. The van der Waals surface area contributed by atoms with Crippen LogP contribution in [0.5, 0.6) is 0 Å². The van der Waals surface area contributed by atoms with Crippen LogP contribution in [0.1, 0.15) is 23.7 Å². The van der Waals surface area contributed by atoms with Crippen molar-refractivity contribution in [2.75, 3.05) is 17.2 Å². The highest BCUT2D eigenvalue weighted by atomic mass is 19.1. The molecule has 0 aromatic heterocycles. The Morgan fingerprint density at radius 3 is 2.25 bits per heavy atom. The van der Waals surface area contributed by atoms with Crippen LogP contribution in [0, 0.1) is 23.5 Å². The van der Waals surface area contributed by atoms with Gasteiger partial charge >= 0.3 is 5.97 Å². The Morgan fingerprint density at radius 1 is 1.00 bits per heavy atom. The Hall–Kier alpha value is -3.29. The molecule has 3 rings (SSSR count). The Kier molecular flexibility index (Phi) is 5.67. The van der Waals surface area contributed by atoms with Crippen LogP contribution in [0.15, 0.2) is 42.5 Å². The summed E-state index contributed by atoms with van der Waals surface area (Å²) in [6, 6.07) is 9.03. The first-order valence-electron chi connectivity index (χ1n) is 8.73. The molecule has 2 atom stereocenters. The van der Waals surface area contributed by atoms with E-state index >= 15 is 0 Å². The normalized spacial score (nSPS) is 17.5. The molecule has 2 amide bonds. The van der Waals surface area contributed by atoms with Gasteiger partial charge in [-0.25, -0.2) is 13.6 Å². The average Bonchev–Trinajstić information content (AvgIpc) is 3.46. The second kappa shape index (κ2) is 8.16. The second-order valence-corrected chi connectivity index (χ2v) is 6.35. The fourth-order valence-electron chi connectivity index (χ4n) is 2.73. The van der Waals surface area contributed by atoms with Gasteiger partial charge in [0.15, 0.2) is 0 Å². The van der Waals surface area contributed by atoms with E-state index in [1.54, 1.807) is 19.1 Å². The molecule has 0 saturated heterocycles. The van der Waals surface area contributed by atoms with Crippen LogP contribution in [0.25, 0.3) is 0 Å². The zero-order valence-corrected chi connectivity index (χ0v) is 15.0. The van der Waals surface area contributed by atoms with Gasteiger partial charge in [-0.2, -0.15) is 0 Å². The van der Waals surface area contributed by atoms with Crippen LogP contribution in [-0.4, -0.2) is 24.4 Å². The maximum Gasteiger partial charge on any atom is 0.338 e. The molecule has 1 aliphatic rings. The SMILES string of the molecule is CCOC(=O)c1ccc(NC(=O)C2CC2C(=O)Nc2ccc(F)cc2F)cc1. The summed E-state index contributed by atoms with van der Waals surface area (Å²) in [5.74, 6) is -4.03. The number of nitrogens with one attached hydrogen (secondary N) is 2. The number of hydrogen-bond acceptors (Lipinski definition) is 4. The first-order valence-corrected chi connectivity index (χ1v) is 8.73. The smallest absolute Gasteiger partial charge is 0.338 e. The molecule has 2 aromatic carbocycles. The molecule has 1 fully saturated rings. The molecule has 1 aliphatic carbocycles. The van der Waals surface area contributed by atoms with Crippen LogP contribution in [0.3, 0.4) is 0 Å². The number of benzene rings is 2. The van der Waals surface area contributed by atoms with E-state index in [4.69, 9.17) is 4.74 Å². The number of ether oxygens (including phenoxy) is 1. The molecular formula is C20H18F2N2O4. The van der Waals surface area contributed by atoms with Crippen LogP contribution in [0.2, 0.25) is 0 Å². The Morgan fingerprint density at radius 2 is 1.64 bits per heavy atom. The fourth-order valence-corrected chi connectivity index (χ4v) is 2.73. The van der Waals surface area contributed by atoms with E-state index in [0.717, 1.165) is 12.1 Å². The van der Waals surface area contributed by atoms with Gasteiger partial charge in [-0.15, -0.1) is 0 Å². The minimum Gasteiger partial charge on any atom is -0.462 e. The predicted octanol–water partition coefficient (Wildman–Crippen LogP) is 3.35. The fraction of sp³-hybridized carbons (Fsp3) is 0.250. The number of halogens is 2. The standard InChI is InChI=1S/C20H18F2N2O4/c1-2-28-20(27)11-3-6-13(7-4-11)23-18(25)14-10-15(14)19(26)24-17-8-5-12(21)9-16(17)22/h3-9,14-15H,2,10H2,1H3,(H,23,25)(H,24,26). The van der Waals surface area contributed by atoms with Crippen molar-refractivity contribution in [1.82, 2.24) is 0 Å². The summed E-state index contributed by atoms with van der Waals surface area (Å²) in [7, 11) is 0. The van der Waals surface area contributed by atoms with E-state index in [1.807, 2.05) is 0 Å². The Balaban J connectivity index is 1.54. The van der Waals surface area contributed by atoms with E-state index in [9.17, 15) is 23.2 Å². The maximum atomic E-state index is 13.6. The molecule has 0 aliphatic heterocycles. The third-order valence-electron chi connectivity index (χ3n) is 4.32. The number of carbonyl (C=O) groups is 3. The molecule has 2 aromatic rings. The van der Waals surface area contributed by atoms with E-state index in [2.05, 4.69) is 10.6 Å². The van der Waals surface area contributed by atoms with Crippen molar-refractivity contribution >= 4 is 29.2 Å². The molecule has 2 unspecified atom stereocenters. The topological polar surface area (TPSA) is 84.5 Å². The minimum atomic E-state index is -0.878. The van der Waals surface area contributed by atoms with Crippen molar-refractivity contribution in [3.05, 3.63) is 59.7 Å². The first-order chi connectivity index (χ1) is 13.4. The van der Waals surface area contributed by atoms with Crippen LogP contribution in [0.4, 0.5) is 20.2 Å². The molecule has 146 valence electrons. The number of anilines is 2. The molecule has 0 bridgehead atoms. The van der Waals surface area contributed by atoms with Gasteiger partial charge in [0.25, 0.3) is 0 Å². The zero-order chi connectivity index (χ0) is 20.3. The highest BCUT2D eigenvalue weighted by Gasteiger charge is 2.48. The number of hydrogen-bond donors (Lipinski definition) is 2. The van der Waals surface area contributed by atoms with Gasteiger partial charge in [0.2, 0.25) is 11.8 Å². The lowest BCUT2D eigenvalue weighted by Gasteiger charge is -2.08. The summed E-state index contributed by atoms with van der Waals surface area (Å²) in [6.07, 6.45) is 0.335. The lowest BCUT2D eigenvalue weighted by Crippen LogP contribution is -2.21. The third kappa shape index (κ3) is 4.51. The Labute approximate surface area is 159 Å². The van der Waals surface area contributed by atoms with E-state index in [-0.39, 0.29) is 18.2 Å². The molecule has 1 saturated carbocycles. The van der Waals surface area contributed by atoms with Crippen LogP contribution in [-0.2, 0) is 14.3 Å². The lowest BCUT2D eigenvalue weighted by molar-refractivity contribution is -0.122. The van der Waals surface area contributed by atoms with Crippen LogP contribution < -0.4 is 10.6 Å². The molecule has 0 spiro atoms. The van der Waals surface area contributed by atoms with E-state index in [0.29, 0.717) is 23.7 Å². The van der Waals surface area contributed by atoms with E-state index < -0.39 is 35.3 Å². The number of amides is 2. The van der Waals surface area contributed by atoms with Crippen molar-refractivity contribution in [3.8, 4) is 0 Å². The molecule has 6 nitrogen and oxygen atoms in total. The van der Waals surface area contributed by atoms with Gasteiger partial charge in [-0.3, -0.25) is 9.59 Å². The van der Waals surface area contributed by atoms with Gasteiger partial charge in [0.1, 0.15) is 11.6 Å². The van der Waals surface area contributed by atoms with Crippen molar-refractivity contribution < 1.29 is 27.9 Å². The summed E-state index contributed by atoms with van der Waals surface area (Å²) >= 11 is 0. The first kappa shape index (κ1) is 19.5. The Bertz CT molecular complexity index is 915. The molecule has 8 heteroatoms. The number of rotatable bonds is 6. The summed E-state index contributed by atoms with van der Waals surface area (Å²) < 4.78 is 31.4. The monoisotopic (exact) mass is 388 g/mol. The summed E-state index contributed by atoms with van der Waals surface area (Å²) in [5, 5.41) is 5.04. The molecule has 28 heavy (non-hydrogen) atoms. The van der Waals surface area contributed by atoms with Crippen molar-refractivity contribution in [2.24, 2.45) is 11.8 Å². The highest BCUT2D eigenvalue weighted by Crippen LogP contribution is 2.40. The van der Waals surface area contributed by atoms with Crippen molar-refractivity contribution in [2.45, 2.75) is 13.3 Å².